The van der Waals surface area contributed by atoms with Gasteiger partial charge in [0.25, 0.3) is 5.91 Å². The summed E-state index contributed by atoms with van der Waals surface area (Å²) in [7, 11) is 1.68. The summed E-state index contributed by atoms with van der Waals surface area (Å²) in [5.41, 5.74) is 3.12. The molecule has 104 valence electrons. The second kappa shape index (κ2) is 5.50. The van der Waals surface area contributed by atoms with Gasteiger partial charge in [-0.1, -0.05) is 0 Å². The summed E-state index contributed by atoms with van der Waals surface area (Å²) in [5.74, 6) is 5.24. The van der Waals surface area contributed by atoms with E-state index in [1.54, 1.807) is 20.1 Å². The van der Waals surface area contributed by atoms with Crippen molar-refractivity contribution < 1.29 is 9.53 Å². The Hall–Kier alpha value is -1.73. The van der Waals surface area contributed by atoms with Gasteiger partial charge in [-0.05, 0) is 32.3 Å². The maximum atomic E-state index is 12.0. The van der Waals surface area contributed by atoms with Crippen LogP contribution in [0.15, 0.2) is 6.07 Å². The average Bonchev–Trinajstić information content (AvgIpc) is 2.37. The Bertz CT molecular complexity index is 468. The van der Waals surface area contributed by atoms with Gasteiger partial charge in [-0.15, -0.1) is 0 Å². The molecule has 0 unspecified atom stereocenters. The zero-order valence-corrected chi connectivity index (χ0v) is 11.2. The van der Waals surface area contributed by atoms with Gasteiger partial charge in [0.05, 0.1) is 5.60 Å². The fraction of sp³-hybridized carbons (Fsp3) is 0.583. The van der Waals surface area contributed by atoms with Crippen molar-refractivity contribution in [3.8, 4) is 0 Å². The summed E-state index contributed by atoms with van der Waals surface area (Å²) >= 11 is 0. The molecule has 0 saturated heterocycles. The van der Waals surface area contributed by atoms with Crippen LogP contribution in [0, 0.1) is 6.92 Å². The Labute approximate surface area is 111 Å². The molecule has 1 aliphatic carbocycles. The van der Waals surface area contributed by atoms with Crippen LogP contribution in [0.5, 0.6) is 0 Å². The number of methoxy groups -OCH3 is 1. The third-order valence-corrected chi connectivity index (χ3v) is 3.48. The Balaban J connectivity index is 2.01. The number of nitrogens with zero attached hydrogens (tertiary/aromatic N) is 2. The van der Waals surface area contributed by atoms with Crippen LogP contribution in [-0.4, -0.2) is 35.1 Å². The van der Waals surface area contributed by atoms with E-state index in [9.17, 15) is 4.79 Å². The van der Waals surface area contributed by atoms with Crippen LogP contribution >= 0.6 is 0 Å². The number of hydrazine groups is 1. The molecule has 0 spiro atoms. The van der Waals surface area contributed by atoms with Crippen molar-refractivity contribution in [1.29, 1.82) is 0 Å². The molecule has 2 rings (SSSR count). The number of hydrogen-bond donors (Lipinski definition) is 3. The molecule has 1 heterocycles. The number of nitrogens with two attached hydrogens (primary N) is 1. The molecule has 1 saturated carbocycles. The SMILES string of the molecule is COC1(CNC(=O)c2cc(C)nc(NN)n2)CCC1. The summed E-state index contributed by atoms with van der Waals surface area (Å²) in [4.78, 5) is 20.1. The molecule has 7 heteroatoms. The van der Waals surface area contributed by atoms with Crippen molar-refractivity contribution in [3.63, 3.8) is 0 Å². The molecule has 1 aliphatic rings. The minimum atomic E-state index is -0.245. The van der Waals surface area contributed by atoms with Gasteiger partial charge in [0.1, 0.15) is 5.69 Å². The fourth-order valence-electron chi connectivity index (χ4n) is 2.11. The van der Waals surface area contributed by atoms with E-state index in [4.69, 9.17) is 10.6 Å². The molecule has 1 amide bonds. The van der Waals surface area contributed by atoms with Crippen molar-refractivity contribution in [3.05, 3.63) is 17.5 Å². The lowest BCUT2D eigenvalue weighted by Gasteiger charge is -2.40. The minimum Gasteiger partial charge on any atom is -0.376 e. The summed E-state index contributed by atoms with van der Waals surface area (Å²) in [6.45, 7) is 2.28. The van der Waals surface area contributed by atoms with Crippen LogP contribution in [0.1, 0.15) is 35.4 Å². The third-order valence-electron chi connectivity index (χ3n) is 3.48. The summed E-state index contributed by atoms with van der Waals surface area (Å²) < 4.78 is 5.45. The van der Waals surface area contributed by atoms with E-state index >= 15 is 0 Å². The first-order valence-electron chi connectivity index (χ1n) is 6.24. The summed E-state index contributed by atoms with van der Waals surface area (Å²) in [5, 5.41) is 2.85. The number of anilines is 1. The van der Waals surface area contributed by atoms with Crippen molar-refractivity contribution in [2.45, 2.75) is 31.8 Å². The second-order valence-electron chi connectivity index (χ2n) is 4.79. The van der Waals surface area contributed by atoms with Crippen molar-refractivity contribution in [1.82, 2.24) is 15.3 Å². The first kappa shape index (κ1) is 13.7. The predicted molar refractivity (Wildman–Crippen MR) is 70.5 cm³/mol. The minimum absolute atomic E-state index is 0.202. The maximum absolute atomic E-state index is 12.0. The number of hydrogen-bond acceptors (Lipinski definition) is 6. The maximum Gasteiger partial charge on any atom is 0.270 e. The molecule has 4 N–H and O–H groups in total. The Morgan fingerprint density at radius 2 is 2.26 bits per heavy atom. The lowest BCUT2D eigenvalue weighted by molar-refractivity contribution is -0.0679. The van der Waals surface area contributed by atoms with Gasteiger partial charge in [0, 0.05) is 19.3 Å². The van der Waals surface area contributed by atoms with Gasteiger partial charge in [-0.25, -0.2) is 15.8 Å². The average molecular weight is 265 g/mol. The molecule has 7 nitrogen and oxygen atoms in total. The lowest BCUT2D eigenvalue weighted by atomic mass is 9.80. The van der Waals surface area contributed by atoms with Gasteiger partial charge in [0.15, 0.2) is 0 Å². The van der Waals surface area contributed by atoms with E-state index < -0.39 is 0 Å². The number of carbonyl (C=O) groups excluding carboxylic acids is 1. The van der Waals surface area contributed by atoms with Crippen LogP contribution in [0.3, 0.4) is 0 Å². The number of amides is 1. The number of aryl methyl sites for hydroxylation is 1. The molecule has 1 fully saturated rings. The van der Waals surface area contributed by atoms with Gasteiger partial charge >= 0.3 is 0 Å². The Kier molecular flexibility index (Phi) is 3.96. The molecule has 19 heavy (non-hydrogen) atoms. The van der Waals surface area contributed by atoms with E-state index in [0.717, 1.165) is 19.3 Å². The molecule has 0 aliphatic heterocycles. The number of nitrogens with one attached hydrogen (secondary N) is 2. The highest BCUT2D eigenvalue weighted by atomic mass is 16.5. The standard InChI is InChI=1S/C12H19N5O2/c1-8-6-9(16-11(15-8)17-13)10(18)14-7-12(19-2)4-3-5-12/h6H,3-5,7,13H2,1-2H3,(H,14,18)(H,15,16,17). The first-order valence-corrected chi connectivity index (χ1v) is 6.24. The quantitative estimate of drug-likeness (QED) is 0.525. The Morgan fingerprint density at radius 3 is 2.79 bits per heavy atom. The molecular formula is C12H19N5O2. The van der Waals surface area contributed by atoms with Gasteiger partial charge in [-0.2, -0.15) is 0 Å². The van der Waals surface area contributed by atoms with Crippen molar-refractivity contribution >= 4 is 11.9 Å². The lowest BCUT2D eigenvalue weighted by Crippen LogP contribution is -2.49. The number of carbonyl (C=O) groups is 1. The van der Waals surface area contributed by atoms with Crippen molar-refractivity contribution in [2.75, 3.05) is 19.1 Å². The molecule has 1 aromatic heterocycles. The molecule has 0 radical (unpaired) electrons. The highest BCUT2D eigenvalue weighted by molar-refractivity contribution is 5.92. The highest BCUT2D eigenvalue weighted by Crippen LogP contribution is 2.34. The molecule has 0 aromatic carbocycles. The van der Waals surface area contributed by atoms with Crippen LogP contribution in [-0.2, 0) is 4.74 Å². The number of aromatic nitrogens is 2. The van der Waals surface area contributed by atoms with Gasteiger partial charge in [-0.3, -0.25) is 10.2 Å². The van der Waals surface area contributed by atoms with Crippen LogP contribution in [0.2, 0.25) is 0 Å². The Morgan fingerprint density at radius 1 is 1.53 bits per heavy atom. The number of ether oxygens (including phenoxy) is 1. The molecule has 1 aromatic rings. The van der Waals surface area contributed by atoms with E-state index in [-0.39, 0.29) is 17.5 Å². The first-order chi connectivity index (χ1) is 9.08. The van der Waals surface area contributed by atoms with E-state index in [1.807, 2.05) is 0 Å². The van der Waals surface area contributed by atoms with E-state index in [0.29, 0.717) is 17.9 Å². The largest absolute Gasteiger partial charge is 0.376 e. The van der Waals surface area contributed by atoms with Crippen LogP contribution in [0.25, 0.3) is 0 Å². The normalized spacial score (nSPS) is 16.6. The topological polar surface area (TPSA) is 102 Å². The smallest absolute Gasteiger partial charge is 0.270 e. The highest BCUT2D eigenvalue weighted by Gasteiger charge is 2.37. The summed E-state index contributed by atoms with van der Waals surface area (Å²) in [6, 6.07) is 1.62. The van der Waals surface area contributed by atoms with Crippen LogP contribution in [0.4, 0.5) is 5.95 Å². The van der Waals surface area contributed by atoms with E-state index in [2.05, 4.69) is 20.7 Å². The van der Waals surface area contributed by atoms with Gasteiger partial charge in [0.2, 0.25) is 5.95 Å². The van der Waals surface area contributed by atoms with E-state index in [1.165, 1.54) is 0 Å². The zero-order chi connectivity index (χ0) is 13.9. The predicted octanol–water partition coefficient (Wildman–Crippen LogP) is 0.370. The van der Waals surface area contributed by atoms with Crippen LogP contribution < -0.4 is 16.6 Å². The number of rotatable bonds is 5. The second-order valence-corrected chi connectivity index (χ2v) is 4.79. The van der Waals surface area contributed by atoms with Crippen molar-refractivity contribution in [2.24, 2.45) is 5.84 Å². The number of nitrogen functional groups attached to an aromatic ring is 1. The molecule has 0 bridgehead atoms. The third kappa shape index (κ3) is 2.99. The molecule has 0 atom stereocenters. The monoisotopic (exact) mass is 265 g/mol. The zero-order valence-electron chi connectivity index (χ0n) is 11.2. The van der Waals surface area contributed by atoms with Gasteiger partial charge < -0.3 is 10.1 Å². The fourth-order valence-corrected chi connectivity index (χ4v) is 2.11. The summed E-state index contributed by atoms with van der Waals surface area (Å²) in [6.07, 6.45) is 3.09. The molecular weight excluding hydrogens is 246 g/mol.